The molecule has 0 saturated heterocycles. The second kappa shape index (κ2) is 4.10. The molecule has 18 heavy (non-hydrogen) atoms. The fraction of sp³-hybridized carbons (Fsp3) is 0.231. The zero-order valence-corrected chi connectivity index (χ0v) is 11.0. The van der Waals surface area contributed by atoms with Gasteiger partial charge >= 0.3 is 0 Å². The standard InChI is InChI=1S/C13H12N2O2S/c1-8-13(14-7-18-8)9-3-4-11-10(5-9)15(2)12(16)6-17-11/h3-5,7H,6H2,1-2H3. The topological polar surface area (TPSA) is 42.4 Å². The quantitative estimate of drug-likeness (QED) is 0.791. The monoisotopic (exact) mass is 260 g/mol. The van der Waals surface area contributed by atoms with Gasteiger partial charge in [0.05, 0.1) is 16.9 Å². The summed E-state index contributed by atoms with van der Waals surface area (Å²) in [5, 5.41) is 0. The van der Waals surface area contributed by atoms with Gasteiger partial charge in [-0.3, -0.25) is 4.79 Å². The van der Waals surface area contributed by atoms with Crippen molar-refractivity contribution >= 4 is 22.9 Å². The number of hydrogen-bond donors (Lipinski definition) is 0. The second-order valence-electron chi connectivity index (χ2n) is 4.18. The van der Waals surface area contributed by atoms with Gasteiger partial charge in [-0.25, -0.2) is 4.98 Å². The van der Waals surface area contributed by atoms with Crippen LogP contribution in [-0.2, 0) is 4.79 Å². The molecule has 1 amide bonds. The molecule has 0 bridgehead atoms. The third kappa shape index (κ3) is 1.67. The normalized spacial score (nSPS) is 14.3. The molecule has 0 unspecified atom stereocenters. The Morgan fingerprint density at radius 2 is 2.28 bits per heavy atom. The maximum atomic E-state index is 11.6. The van der Waals surface area contributed by atoms with Crippen LogP contribution < -0.4 is 9.64 Å². The van der Waals surface area contributed by atoms with Crippen molar-refractivity contribution in [1.82, 2.24) is 4.98 Å². The molecule has 1 aromatic carbocycles. The molecule has 0 saturated carbocycles. The second-order valence-corrected chi connectivity index (χ2v) is 5.24. The van der Waals surface area contributed by atoms with E-state index in [1.54, 1.807) is 23.3 Å². The third-order valence-corrected chi connectivity index (χ3v) is 3.82. The Morgan fingerprint density at radius 1 is 1.44 bits per heavy atom. The van der Waals surface area contributed by atoms with Crippen LogP contribution in [-0.4, -0.2) is 24.5 Å². The average Bonchev–Trinajstić information content (AvgIpc) is 2.80. The van der Waals surface area contributed by atoms with Gasteiger partial charge in [0.1, 0.15) is 5.75 Å². The van der Waals surface area contributed by atoms with Crippen molar-refractivity contribution in [3.05, 3.63) is 28.6 Å². The third-order valence-electron chi connectivity index (χ3n) is 3.06. The lowest BCUT2D eigenvalue weighted by Crippen LogP contribution is -2.35. The first-order valence-electron chi connectivity index (χ1n) is 5.60. The van der Waals surface area contributed by atoms with Gasteiger partial charge in [0, 0.05) is 17.5 Å². The van der Waals surface area contributed by atoms with E-state index in [0.717, 1.165) is 22.7 Å². The van der Waals surface area contributed by atoms with Crippen LogP contribution in [0.4, 0.5) is 5.69 Å². The van der Waals surface area contributed by atoms with E-state index in [2.05, 4.69) is 4.98 Å². The number of hydrogen-bond acceptors (Lipinski definition) is 4. The van der Waals surface area contributed by atoms with E-state index < -0.39 is 0 Å². The van der Waals surface area contributed by atoms with Gasteiger partial charge in [-0.15, -0.1) is 11.3 Å². The Kier molecular flexibility index (Phi) is 2.56. The molecular weight excluding hydrogens is 248 g/mol. The van der Waals surface area contributed by atoms with Gasteiger partial charge in [-0.2, -0.15) is 0 Å². The lowest BCUT2D eigenvalue weighted by Gasteiger charge is -2.26. The summed E-state index contributed by atoms with van der Waals surface area (Å²) in [5.74, 6) is 0.711. The molecule has 2 aromatic rings. The van der Waals surface area contributed by atoms with Gasteiger partial charge < -0.3 is 9.64 Å². The predicted molar refractivity (Wildman–Crippen MR) is 71.2 cm³/mol. The number of nitrogens with zero attached hydrogens (tertiary/aromatic N) is 2. The van der Waals surface area contributed by atoms with Crippen molar-refractivity contribution in [2.45, 2.75) is 6.92 Å². The average molecular weight is 260 g/mol. The molecule has 3 rings (SSSR count). The first-order valence-corrected chi connectivity index (χ1v) is 6.48. The molecule has 0 N–H and O–H groups in total. The number of ether oxygens (including phenoxy) is 1. The lowest BCUT2D eigenvalue weighted by atomic mass is 10.1. The summed E-state index contributed by atoms with van der Waals surface area (Å²) in [6, 6.07) is 5.82. The number of amides is 1. The highest BCUT2D eigenvalue weighted by Gasteiger charge is 2.22. The molecule has 1 aliphatic rings. The van der Waals surface area contributed by atoms with Crippen molar-refractivity contribution in [1.29, 1.82) is 0 Å². The zero-order valence-electron chi connectivity index (χ0n) is 10.1. The summed E-state index contributed by atoms with van der Waals surface area (Å²) in [5.41, 5.74) is 4.61. The zero-order chi connectivity index (χ0) is 12.7. The van der Waals surface area contributed by atoms with Crippen LogP contribution in [0.1, 0.15) is 4.88 Å². The molecule has 4 nitrogen and oxygen atoms in total. The van der Waals surface area contributed by atoms with Crippen molar-refractivity contribution < 1.29 is 9.53 Å². The van der Waals surface area contributed by atoms with Gasteiger partial charge in [-0.05, 0) is 25.1 Å². The highest BCUT2D eigenvalue weighted by Crippen LogP contribution is 2.36. The first kappa shape index (κ1) is 11.2. The fourth-order valence-corrected chi connectivity index (χ4v) is 2.60. The van der Waals surface area contributed by atoms with E-state index in [-0.39, 0.29) is 12.5 Å². The predicted octanol–water partition coefficient (Wildman–Crippen LogP) is 2.47. The number of fused-ring (bicyclic) bond motifs is 1. The summed E-state index contributed by atoms with van der Waals surface area (Å²) in [6.07, 6.45) is 0. The Morgan fingerprint density at radius 3 is 3.00 bits per heavy atom. The van der Waals surface area contributed by atoms with Gasteiger partial charge in [-0.1, -0.05) is 0 Å². The summed E-state index contributed by atoms with van der Waals surface area (Å²) >= 11 is 1.62. The molecule has 0 aliphatic carbocycles. The minimum Gasteiger partial charge on any atom is -0.482 e. The maximum absolute atomic E-state index is 11.6. The van der Waals surface area contributed by atoms with Crippen LogP contribution in [0.5, 0.6) is 5.75 Å². The number of benzene rings is 1. The van der Waals surface area contributed by atoms with E-state index in [4.69, 9.17) is 4.74 Å². The van der Waals surface area contributed by atoms with E-state index in [1.807, 2.05) is 30.6 Å². The first-order chi connectivity index (χ1) is 8.66. The highest BCUT2D eigenvalue weighted by atomic mass is 32.1. The van der Waals surface area contributed by atoms with Crippen LogP contribution in [0.15, 0.2) is 23.7 Å². The largest absolute Gasteiger partial charge is 0.482 e. The van der Waals surface area contributed by atoms with Crippen LogP contribution >= 0.6 is 11.3 Å². The molecule has 1 aliphatic heterocycles. The SMILES string of the molecule is Cc1scnc1-c1ccc2c(c1)N(C)C(=O)CO2. The van der Waals surface area contributed by atoms with Crippen molar-refractivity contribution in [2.75, 3.05) is 18.6 Å². The lowest BCUT2D eigenvalue weighted by molar-refractivity contribution is -0.120. The Hall–Kier alpha value is -1.88. The van der Waals surface area contributed by atoms with Gasteiger partial charge in [0.2, 0.25) is 0 Å². The molecule has 1 aromatic heterocycles. The van der Waals surface area contributed by atoms with Gasteiger partial charge in [0.25, 0.3) is 5.91 Å². The number of rotatable bonds is 1. The fourth-order valence-electron chi connectivity index (χ4n) is 2.00. The Bertz CT molecular complexity index is 621. The molecule has 0 spiro atoms. The molecule has 0 fully saturated rings. The number of anilines is 1. The molecule has 92 valence electrons. The summed E-state index contributed by atoms with van der Waals surface area (Å²) in [7, 11) is 1.77. The number of likely N-dealkylation sites (N-methyl/N-ethyl adjacent to an activating group) is 1. The van der Waals surface area contributed by atoms with Crippen LogP contribution in [0.3, 0.4) is 0 Å². The molecule has 0 atom stereocenters. The number of aromatic nitrogens is 1. The smallest absolute Gasteiger partial charge is 0.264 e. The van der Waals surface area contributed by atoms with E-state index >= 15 is 0 Å². The van der Waals surface area contributed by atoms with E-state index in [0.29, 0.717) is 0 Å². The number of aryl methyl sites for hydroxylation is 1. The number of thiazole rings is 1. The molecular formula is C13H12N2O2S. The van der Waals surface area contributed by atoms with E-state index in [9.17, 15) is 4.79 Å². The van der Waals surface area contributed by atoms with Crippen LogP contribution in [0.2, 0.25) is 0 Å². The van der Waals surface area contributed by atoms with Crippen LogP contribution in [0.25, 0.3) is 11.3 Å². The minimum atomic E-state index is -0.0327. The van der Waals surface area contributed by atoms with Gasteiger partial charge in [0.15, 0.2) is 6.61 Å². The van der Waals surface area contributed by atoms with E-state index in [1.165, 1.54) is 4.88 Å². The number of carbonyl (C=O) groups is 1. The summed E-state index contributed by atoms with van der Waals surface area (Å²) in [4.78, 5) is 18.8. The molecule has 2 heterocycles. The Labute approximate surface area is 109 Å². The maximum Gasteiger partial charge on any atom is 0.264 e. The highest BCUT2D eigenvalue weighted by molar-refractivity contribution is 7.10. The Balaban J connectivity index is 2.11. The number of carbonyl (C=O) groups excluding carboxylic acids is 1. The van der Waals surface area contributed by atoms with Crippen molar-refractivity contribution in [3.8, 4) is 17.0 Å². The summed E-state index contributed by atoms with van der Waals surface area (Å²) in [6.45, 7) is 2.15. The van der Waals surface area contributed by atoms with Crippen LogP contribution in [0, 0.1) is 6.92 Å². The summed E-state index contributed by atoms with van der Waals surface area (Å²) < 4.78 is 5.40. The molecule has 5 heteroatoms. The molecule has 0 radical (unpaired) electrons. The van der Waals surface area contributed by atoms with Crippen molar-refractivity contribution in [3.63, 3.8) is 0 Å². The minimum absolute atomic E-state index is 0.0327. The van der Waals surface area contributed by atoms with Crippen molar-refractivity contribution in [2.24, 2.45) is 0 Å².